The molecule has 0 amide bonds. The molecular formula is C58H38N2. The van der Waals surface area contributed by atoms with E-state index in [0.717, 1.165) is 11.4 Å². The summed E-state index contributed by atoms with van der Waals surface area (Å²) >= 11 is 0. The van der Waals surface area contributed by atoms with Crippen LogP contribution in [0.15, 0.2) is 231 Å². The summed E-state index contributed by atoms with van der Waals surface area (Å²) in [4.78, 5) is 0. The highest BCUT2D eigenvalue weighted by Gasteiger charge is 2.18. The molecule has 0 spiro atoms. The summed E-state index contributed by atoms with van der Waals surface area (Å²) in [5, 5.41) is 7.43. The van der Waals surface area contributed by atoms with Crippen molar-refractivity contribution in [2.24, 2.45) is 0 Å². The molecule has 0 fully saturated rings. The molecule has 2 heteroatoms. The summed E-state index contributed by atoms with van der Waals surface area (Å²) in [6.07, 6.45) is 0. The molecule has 12 aromatic rings. The van der Waals surface area contributed by atoms with E-state index in [0.29, 0.717) is 0 Å². The first-order chi connectivity index (χ1) is 29.7. The Balaban J connectivity index is 1.05. The van der Waals surface area contributed by atoms with Gasteiger partial charge >= 0.3 is 0 Å². The zero-order valence-electron chi connectivity index (χ0n) is 32.8. The van der Waals surface area contributed by atoms with Crippen LogP contribution in [0.5, 0.6) is 0 Å². The van der Waals surface area contributed by atoms with Gasteiger partial charge in [0.05, 0.1) is 22.1 Å². The van der Waals surface area contributed by atoms with Crippen molar-refractivity contribution in [1.82, 2.24) is 9.13 Å². The largest absolute Gasteiger partial charge is 0.309 e. The zero-order chi connectivity index (χ0) is 39.6. The zero-order valence-corrected chi connectivity index (χ0v) is 32.8. The predicted molar refractivity (Wildman–Crippen MR) is 254 cm³/mol. The van der Waals surface area contributed by atoms with Crippen LogP contribution in [0, 0.1) is 0 Å². The first kappa shape index (κ1) is 34.1. The van der Waals surface area contributed by atoms with Crippen LogP contribution in [0.25, 0.3) is 110 Å². The second-order valence-electron chi connectivity index (χ2n) is 15.8. The van der Waals surface area contributed by atoms with Crippen molar-refractivity contribution in [3.05, 3.63) is 231 Å². The van der Waals surface area contributed by atoms with E-state index in [4.69, 9.17) is 0 Å². The number of aromatic nitrogens is 2. The predicted octanol–water partition coefficient (Wildman–Crippen LogP) is 15.7. The Kier molecular flexibility index (Phi) is 7.89. The monoisotopic (exact) mass is 762 g/mol. The molecule has 0 saturated carbocycles. The van der Waals surface area contributed by atoms with Gasteiger partial charge in [0.15, 0.2) is 0 Å². The highest BCUT2D eigenvalue weighted by atomic mass is 15.0. The van der Waals surface area contributed by atoms with E-state index in [-0.39, 0.29) is 0 Å². The summed E-state index contributed by atoms with van der Waals surface area (Å²) in [5.41, 5.74) is 16.7. The van der Waals surface area contributed by atoms with Crippen molar-refractivity contribution >= 4 is 54.4 Å². The number of fused-ring (bicyclic) bond motifs is 7. The van der Waals surface area contributed by atoms with Crippen LogP contribution in [0.1, 0.15) is 0 Å². The van der Waals surface area contributed by atoms with Crippen LogP contribution in [0.2, 0.25) is 0 Å². The molecule has 0 aliphatic rings. The van der Waals surface area contributed by atoms with Gasteiger partial charge < -0.3 is 9.13 Å². The molecule has 0 aliphatic heterocycles. The Morgan fingerprint density at radius 2 is 0.517 bits per heavy atom. The van der Waals surface area contributed by atoms with Crippen LogP contribution in [-0.4, -0.2) is 9.13 Å². The number of hydrogen-bond acceptors (Lipinski definition) is 0. The second-order valence-corrected chi connectivity index (χ2v) is 15.8. The Labute approximate surface area is 348 Å². The van der Waals surface area contributed by atoms with Crippen molar-refractivity contribution in [2.45, 2.75) is 0 Å². The van der Waals surface area contributed by atoms with Crippen LogP contribution in [0.4, 0.5) is 0 Å². The summed E-state index contributed by atoms with van der Waals surface area (Å²) in [6, 6.07) is 84.3. The molecule has 12 rings (SSSR count). The first-order valence-corrected chi connectivity index (χ1v) is 20.7. The van der Waals surface area contributed by atoms with E-state index < -0.39 is 0 Å². The van der Waals surface area contributed by atoms with Crippen molar-refractivity contribution in [2.75, 3.05) is 0 Å². The average molecular weight is 763 g/mol. The van der Waals surface area contributed by atoms with Gasteiger partial charge in [-0.05, 0) is 128 Å². The van der Waals surface area contributed by atoms with Gasteiger partial charge in [0.25, 0.3) is 0 Å². The lowest BCUT2D eigenvalue weighted by Crippen LogP contribution is -1.94. The molecule has 0 unspecified atom stereocenters. The van der Waals surface area contributed by atoms with E-state index in [9.17, 15) is 0 Å². The number of benzene rings is 10. The maximum atomic E-state index is 2.43. The number of hydrogen-bond donors (Lipinski definition) is 0. The molecule has 0 radical (unpaired) electrons. The Hall–Kier alpha value is -7.94. The van der Waals surface area contributed by atoms with Crippen LogP contribution in [-0.2, 0) is 0 Å². The van der Waals surface area contributed by atoms with Gasteiger partial charge in [-0.1, -0.05) is 158 Å². The summed E-state index contributed by atoms with van der Waals surface area (Å²) < 4.78 is 4.85. The third-order valence-electron chi connectivity index (χ3n) is 12.3. The smallest absolute Gasteiger partial charge is 0.0541 e. The number of nitrogens with zero attached hydrogens (tertiary/aromatic N) is 2. The third kappa shape index (κ3) is 5.65. The lowest BCUT2D eigenvalue weighted by atomic mass is 9.98. The first-order valence-electron chi connectivity index (χ1n) is 20.7. The minimum absolute atomic E-state index is 1.15. The lowest BCUT2D eigenvalue weighted by molar-refractivity contribution is 1.18. The fourth-order valence-corrected chi connectivity index (χ4v) is 9.33. The Bertz CT molecular complexity index is 3560. The molecule has 0 atom stereocenters. The normalized spacial score (nSPS) is 11.7. The summed E-state index contributed by atoms with van der Waals surface area (Å²) in [7, 11) is 0. The molecule has 2 aromatic heterocycles. The van der Waals surface area contributed by atoms with Crippen LogP contribution < -0.4 is 0 Å². The van der Waals surface area contributed by atoms with Gasteiger partial charge in [-0.3, -0.25) is 0 Å². The van der Waals surface area contributed by atoms with Crippen LogP contribution >= 0.6 is 0 Å². The molecule has 10 aromatic carbocycles. The lowest BCUT2D eigenvalue weighted by Gasteiger charge is -2.11. The van der Waals surface area contributed by atoms with Crippen molar-refractivity contribution < 1.29 is 0 Å². The van der Waals surface area contributed by atoms with E-state index in [1.165, 1.54) is 98.9 Å². The molecule has 0 aliphatic carbocycles. The molecule has 2 heterocycles. The van der Waals surface area contributed by atoms with E-state index in [2.05, 4.69) is 240 Å². The molecule has 0 N–H and O–H groups in total. The molecule has 60 heavy (non-hydrogen) atoms. The van der Waals surface area contributed by atoms with Crippen molar-refractivity contribution in [3.63, 3.8) is 0 Å². The van der Waals surface area contributed by atoms with E-state index in [1.807, 2.05) is 0 Å². The highest BCUT2D eigenvalue weighted by molar-refractivity contribution is 6.14. The highest BCUT2D eigenvalue weighted by Crippen LogP contribution is 2.41. The van der Waals surface area contributed by atoms with Gasteiger partial charge in [0.2, 0.25) is 0 Å². The van der Waals surface area contributed by atoms with Crippen molar-refractivity contribution in [3.8, 4) is 55.9 Å². The Morgan fingerprint density at radius 3 is 0.967 bits per heavy atom. The Morgan fingerprint density at radius 1 is 0.200 bits per heavy atom. The SMILES string of the molecule is c1ccc(-c2ccc(-n3c4ccc(-c5ccccc5)cc4c4cc(-c5ccc6c(c5)c5cc(-c7ccccc7)ccc5n6-c5ccc6ccccc6c5)ccc43)cc2)cc1. The fourth-order valence-electron chi connectivity index (χ4n) is 9.33. The molecule has 280 valence electrons. The molecule has 0 saturated heterocycles. The minimum atomic E-state index is 1.15. The van der Waals surface area contributed by atoms with Gasteiger partial charge in [-0.25, -0.2) is 0 Å². The summed E-state index contributed by atoms with van der Waals surface area (Å²) in [6.45, 7) is 0. The maximum absolute atomic E-state index is 2.43. The van der Waals surface area contributed by atoms with Crippen LogP contribution in [0.3, 0.4) is 0 Å². The van der Waals surface area contributed by atoms with E-state index >= 15 is 0 Å². The van der Waals surface area contributed by atoms with Gasteiger partial charge in [0, 0.05) is 32.9 Å². The van der Waals surface area contributed by atoms with Gasteiger partial charge in [0.1, 0.15) is 0 Å². The quantitative estimate of drug-likeness (QED) is 0.160. The molecule has 0 bridgehead atoms. The fraction of sp³-hybridized carbons (Fsp3) is 0. The standard InChI is InChI=1S/C58H38N2/c1-4-12-39(13-5-1)43-20-27-49(28-21-43)59-55-30-23-45(40-14-6-2-7-15-40)35-51(55)53-37-47(25-32-56(53)59)48-26-33-58-54(38-48)52-36-46(41-16-8-3-9-17-41)24-31-57(52)60(58)50-29-22-42-18-10-11-19-44(42)34-50/h1-38H. The second kappa shape index (κ2) is 13.9. The topological polar surface area (TPSA) is 9.86 Å². The molecular weight excluding hydrogens is 725 g/mol. The van der Waals surface area contributed by atoms with Gasteiger partial charge in [-0.2, -0.15) is 0 Å². The van der Waals surface area contributed by atoms with E-state index in [1.54, 1.807) is 0 Å². The number of rotatable bonds is 6. The van der Waals surface area contributed by atoms with Gasteiger partial charge in [-0.15, -0.1) is 0 Å². The molecule has 2 nitrogen and oxygen atoms in total. The minimum Gasteiger partial charge on any atom is -0.309 e. The maximum Gasteiger partial charge on any atom is 0.0541 e. The average Bonchev–Trinajstić information content (AvgIpc) is 3.83. The third-order valence-corrected chi connectivity index (χ3v) is 12.3. The summed E-state index contributed by atoms with van der Waals surface area (Å²) in [5.74, 6) is 0. The van der Waals surface area contributed by atoms with Crippen molar-refractivity contribution in [1.29, 1.82) is 0 Å².